The Hall–Kier alpha value is -0.900. The van der Waals surface area contributed by atoms with Crippen LogP contribution in [0.5, 0.6) is 0 Å². The molecule has 2 rings (SSSR count). The van der Waals surface area contributed by atoms with Gasteiger partial charge in [-0.05, 0) is 24.3 Å². The Labute approximate surface area is 127 Å². The number of anilines is 1. The van der Waals surface area contributed by atoms with E-state index in [0.29, 0.717) is 5.92 Å². The quantitative estimate of drug-likeness (QED) is 0.610. The van der Waals surface area contributed by atoms with Crippen LogP contribution >= 0.6 is 11.8 Å². The minimum atomic E-state index is 0.596. The normalized spacial score (nSPS) is 16.4. The van der Waals surface area contributed by atoms with Crippen LogP contribution in [0.3, 0.4) is 0 Å². The summed E-state index contributed by atoms with van der Waals surface area (Å²) in [5.41, 5.74) is 7.41. The van der Waals surface area contributed by atoms with Gasteiger partial charge in [0.2, 0.25) is 0 Å². The van der Waals surface area contributed by atoms with Gasteiger partial charge < -0.3 is 10.3 Å². The van der Waals surface area contributed by atoms with Crippen LogP contribution in [-0.2, 0) is 13.0 Å². The first kappa shape index (κ1) is 15.5. The molecule has 0 saturated heterocycles. The van der Waals surface area contributed by atoms with E-state index in [0.717, 1.165) is 36.0 Å². The van der Waals surface area contributed by atoms with Crippen molar-refractivity contribution in [2.45, 2.75) is 57.9 Å². The van der Waals surface area contributed by atoms with Crippen molar-refractivity contribution in [3.8, 4) is 0 Å². The number of nitrogens with zero attached hydrogens (tertiary/aromatic N) is 2. The van der Waals surface area contributed by atoms with Gasteiger partial charge in [-0.25, -0.2) is 4.98 Å². The molecule has 0 aromatic carbocycles. The van der Waals surface area contributed by atoms with Crippen molar-refractivity contribution >= 4 is 17.6 Å². The van der Waals surface area contributed by atoms with E-state index in [1.54, 1.807) is 0 Å². The van der Waals surface area contributed by atoms with Crippen LogP contribution in [0.2, 0.25) is 0 Å². The lowest BCUT2D eigenvalue weighted by atomic mass is 9.88. The summed E-state index contributed by atoms with van der Waals surface area (Å²) in [6.07, 6.45) is 9.45. The van der Waals surface area contributed by atoms with Gasteiger partial charge in [-0.1, -0.05) is 32.3 Å². The minimum Gasteiger partial charge on any atom is -0.384 e. The highest BCUT2D eigenvalue weighted by Crippen LogP contribution is 2.34. The fraction of sp³-hybridized carbons (Fsp3) is 0.688. The van der Waals surface area contributed by atoms with Crippen LogP contribution < -0.4 is 5.73 Å². The monoisotopic (exact) mass is 293 g/mol. The molecule has 0 aliphatic heterocycles. The van der Waals surface area contributed by atoms with Crippen LogP contribution in [-0.4, -0.2) is 21.1 Å². The third kappa shape index (κ3) is 3.60. The van der Waals surface area contributed by atoms with Gasteiger partial charge in [0.05, 0.1) is 5.69 Å². The number of nitrogens with two attached hydrogens (primary N) is 1. The Morgan fingerprint density at radius 2 is 2.15 bits per heavy atom. The summed E-state index contributed by atoms with van der Waals surface area (Å²) in [7, 11) is 0. The van der Waals surface area contributed by atoms with E-state index in [4.69, 9.17) is 10.7 Å². The summed E-state index contributed by atoms with van der Waals surface area (Å²) in [6.45, 7) is 6.84. The maximum absolute atomic E-state index is 6.32. The molecule has 1 aromatic rings. The molecule has 0 spiro atoms. The van der Waals surface area contributed by atoms with Crippen molar-refractivity contribution < 1.29 is 0 Å². The zero-order chi connectivity index (χ0) is 14.4. The lowest BCUT2D eigenvalue weighted by Gasteiger charge is -2.22. The largest absolute Gasteiger partial charge is 0.384 e. The van der Waals surface area contributed by atoms with E-state index in [-0.39, 0.29) is 0 Å². The molecule has 1 aliphatic rings. The maximum atomic E-state index is 6.32. The van der Waals surface area contributed by atoms with Gasteiger partial charge in [-0.2, -0.15) is 11.8 Å². The van der Waals surface area contributed by atoms with E-state index in [1.807, 2.05) is 17.8 Å². The van der Waals surface area contributed by atoms with E-state index in [2.05, 4.69) is 18.1 Å². The molecule has 3 nitrogen and oxygen atoms in total. The maximum Gasteiger partial charge on any atom is 0.127 e. The molecular weight excluding hydrogens is 266 g/mol. The highest BCUT2D eigenvalue weighted by Gasteiger charge is 2.23. The molecule has 20 heavy (non-hydrogen) atoms. The third-order valence-corrected chi connectivity index (χ3v) is 4.98. The van der Waals surface area contributed by atoms with E-state index < -0.39 is 0 Å². The fourth-order valence-corrected chi connectivity index (χ4v) is 3.65. The molecule has 0 radical (unpaired) electrons. The molecule has 0 amide bonds. The second kappa shape index (κ2) is 7.77. The van der Waals surface area contributed by atoms with Crippen molar-refractivity contribution in [3.05, 3.63) is 24.2 Å². The van der Waals surface area contributed by atoms with Gasteiger partial charge in [0.15, 0.2) is 0 Å². The van der Waals surface area contributed by atoms with Gasteiger partial charge in [-0.3, -0.25) is 0 Å². The lowest BCUT2D eigenvalue weighted by molar-refractivity contribution is 0.419. The summed E-state index contributed by atoms with van der Waals surface area (Å²) in [5.74, 6) is 4.93. The molecule has 4 heteroatoms. The van der Waals surface area contributed by atoms with Gasteiger partial charge in [-0.15, -0.1) is 6.58 Å². The van der Waals surface area contributed by atoms with E-state index in [1.165, 1.54) is 37.9 Å². The molecule has 0 atom stereocenters. The van der Waals surface area contributed by atoms with Crippen molar-refractivity contribution in [3.63, 3.8) is 0 Å². The lowest BCUT2D eigenvalue weighted by Crippen LogP contribution is -2.13. The number of aryl methyl sites for hydroxylation is 1. The fourth-order valence-electron chi connectivity index (χ4n) is 3.03. The molecule has 2 N–H and O–H groups in total. The summed E-state index contributed by atoms with van der Waals surface area (Å²) >= 11 is 1.95. The first-order chi connectivity index (χ1) is 9.77. The van der Waals surface area contributed by atoms with Crippen LogP contribution in [0, 0.1) is 0 Å². The van der Waals surface area contributed by atoms with E-state index in [9.17, 15) is 0 Å². The number of nitrogen functional groups attached to an aromatic ring is 1. The summed E-state index contributed by atoms with van der Waals surface area (Å²) in [4.78, 5) is 4.90. The number of allylic oxidation sites excluding steroid dienone is 1. The predicted octanol–water partition coefficient (Wildman–Crippen LogP) is 3.99. The highest BCUT2D eigenvalue weighted by molar-refractivity contribution is 7.99. The van der Waals surface area contributed by atoms with Crippen LogP contribution in [0.4, 0.5) is 5.82 Å². The Morgan fingerprint density at radius 3 is 2.80 bits per heavy atom. The van der Waals surface area contributed by atoms with Crippen molar-refractivity contribution in [2.24, 2.45) is 0 Å². The standard InChI is InChI=1S/C16H27N3S/c1-3-11-19-15(17)14(10-12-20-4-2)18-16(19)13-8-6-5-7-9-13/h3,13H,1,4-12,17H2,2H3. The van der Waals surface area contributed by atoms with Crippen molar-refractivity contribution in [1.82, 2.24) is 9.55 Å². The SMILES string of the molecule is C=CCn1c(C2CCCCC2)nc(CCSCC)c1N. The molecule has 1 aromatic heterocycles. The van der Waals surface area contributed by atoms with Crippen LogP contribution in [0.1, 0.15) is 56.5 Å². The van der Waals surface area contributed by atoms with Gasteiger partial charge in [0.25, 0.3) is 0 Å². The molecule has 1 fully saturated rings. The van der Waals surface area contributed by atoms with Gasteiger partial charge in [0, 0.05) is 18.9 Å². The minimum absolute atomic E-state index is 0.596. The summed E-state index contributed by atoms with van der Waals surface area (Å²) in [5, 5.41) is 0. The number of rotatable bonds is 7. The Balaban J connectivity index is 2.19. The number of aromatic nitrogens is 2. The van der Waals surface area contributed by atoms with Crippen molar-refractivity contribution in [2.75, 3.05) is 17.2 Å². The molecule has 0 unspecified atom stereocenters. The number of thioether (sulfide) groups is 1. The molecule has 1 saturated carbocycles. The number of hydrogen-bond acceptors (Lipinski definition) is 3. The first-order valence-corrected chi connectivity index (χ1v) is 8.96. The second-order valence-electron chi connectivity index (χ2n) is 5.48. The zero-order valence-electron chi connectivity index (χ0n) is 12.6. The Kier molecular flexibility index (Phi) is 6.02. The highest BCUT2D eigenvalue weighted by atomic mass is 32.2. The van der Waals surface area contributed by atoms with Crippen LogP contribution in [0.15, 0.2) is 12.7 Å². The topological polar surface area (TPSA) is 43.8 Å². The smallest absolute Gasteiger partial charge is 0.127 e. The molecule has 1 heterocycles. The molecule has 1 aliphatic carbocycles. The summed E-state index contributed by atoms with van der Waals surface area (Å²) < 4.78 is 2.19. The average Bonchev–Trinajstić information content (AvgIpc) is 2.78. The third-order valence-electron chi connectivity index (χ3n) is 4.08. The molecular formula is C16H27N3S. The van der Waals surface area contributed by atoms with E-state index >= 15 is 0 Å². The first-order valence-electron chi connectivity index (χ1n) is 7.81. The molecule has 112 valence electrons. The van der Waals surface area contributed by atoms with Crippen LogP contribution in [0.25, 0.3) is 0 Å². The van der Waals surface area contributed by atoms with Gasteiger partial charge >= 0.3 is 0 Å². The summed E-state index contributed by atoms with van der Waals surface area (Å²) in [6, 6.07) is 0. The Morgan fingerprint density at radius 1 is 1.40 bits per heavy atom. The second-order valence-corrected chi connectivity index (χ2v) is 6.88. The predicted molar refractivity (Wildman–Crippen MR) is 89.4 cm³/mol. The number of imidazole rings is 1. The molecule has 0 bridgehead atoms. The zero-order valence-corrected chi connectivity index (χ0v) is 13.4. The van der Waals surface area contributed by atoms with Gasteiger partial charge in [0.1, 0.15) is 11.6 Å². The average molecular weight is 293 g/mol. The Bertz CT molecular complexity index is 433. The van der Waals surface area contributed by atoms with Crippen molar-refractivity contribution in [1.29, 1.82) is 0 Å². The number of hydrogen-bond donors (Lipinski definition) is 1.